The van der Waals surface area contributed by atoms with Gasteiger partial charge in [0.05, 0.1) is 39.5 Å². The summed E-state index contributed by atoms with van der Waals surface area (Å²) in [6, 6.07) is 5.41. The summed E-state index contributed by atoms with van der Waals surface area (Å²) in [4.78, 5) is 19.1. The molecule has 13 heteroatoms. The Morgan fingerprint density at radius 2 is 1.79 bits per heavy atom. The number of carbonyl (C=O) groups excluding carboxylic acids is 1. The van der Waals surface area contributed by atoms with Crippen LogP contribution < -0.4 is 10.5 Å². The second-order valence-corrected chi connectivity index (χ2v) is 11.1. The fourth-order valence-electron chi connectivity index (χ4n) is 3.22. The molecular weight excluding hydrogens is 477 g/mol. The maximum atomic E-state index is 13.8. The third kappa shape index (κ3) is 5.71. The largest absolute Gasteiger partial charge is 0.438 e. The van der Waals surface area contributed by atoms with Gasteiger partial charge in [-0.25, -0.2) is 9.19 Å². The molecular formula is C21H25F3N4O5S. The number of aromatic nitrogens is 2. The van der Waals surface area contributed by atoms with Crippen molar-refractivity contribution in [2.45, 2.75) is 50.1 Å². The first kappa shape index (κ1) is 26.0. The van der Waals surface area contributed by atoms with Gasteiger partial charge >= 0.3 is 6.18 Å². The average Bonchev–Trinajstić information content (AvgIpc) is 2.74. The molecule has 0 aliphatic carbocycles. The SMILES string of the molecule is CC(C)(O)c1ccc(Oc2cnc(C(O)(CCS3(=O)=NC(=O)C(N)CC3)C(F)(F)F)cn2)cc1. The van der Waals surface area contributed by atoms with Crippen molar-refractivity contribution in [3.8, 4) is 11.6 Å². The van der Waals surface area contributed by atoms with Crippen molar-refractivity contribution in [2.24, 2.45) is 10.1 Å². The predicted octanol–water partition coefficient (Wildman–Crippen LogP) is 2.36. The fraction of sp³-hybridized carbons (Fsp3) is 0.476. The molecule has 0 saturated carbocycles. The fourth-order valence-corrected chi connectivity index (χ4v) is 5.30. The lowest BCUT2D eigenvalue weighted by molar-refractivity contribution is -0.269. The lowest BCUT2D eigenvalue weighted by Gasteiger charge is -2.30. The third-order valence-corrected chi connectivity index (χ3v) is 7.64. The minimum Gasteiger partial charge on any atom is -0.438 e. The number of aliphatic hydroxyl groups is 2. The number of amides is 1. The Balaban J connectivity index is 1.79. The van der Waals surface area contributed by atoms with Crippen molar-refractivity contribution < 1.29 is 37.1 Å². The van der Waals surface area contributed by atoms with Gasteiger partial charge in [0.15, 0.2) is 0 Å². The van der Waals surface area contributed by atoms with Gasteiger partial charge in [-0.15, -0.1) is 0 Å². The number of hydrogen-bond acceptors (Lipinski definition) is 8. The van der Waals surface area contributed by atoms with Crippen LogP contribution in [-0.2, 0) is 25.7 Å². The molecule has 34 heavy (non-hydrogen) atoms. The Bertz CT molecular complexity index is 1160. The Morgan fingerprint density at radius 3 is 2.29 bits per heavy atom. The Morgan fingerprint density at radius 1 is 1.15 bits per heavy atom. The number of nitrogens with zero attached hydrogens (tertiary/aromatic N) is 3. The topological polar surface area (TPSA) is 148 Å². The molecule has 1 aliphatic heterocycles. The van der Waals surface area contributed by atoms with E-state index in [-0.39, 0.29) is 18.1 Å². The van der Waals surface area contributed by atoms with Crippen LogP contribution in [0.1, 0.15) is 37.9 Å². The van der Waals surface area contributed by atoms with E-state index in [1.807, 2.05) is 0 Å². The molecule has 0 spiro atoms. The molecule has 2 aromatic rings. The molecule has 3 rings (SSSR count). The lowest BCUT2D eigenvalue weighted by atomic mass is 9.96. The van der Waals surface area contributed by atoms with E-state index in [2.05, 4.69) is 14.3 Å². The van der Waals surface area contributed by atoms with E-state index in [1.54, 1.807) is 38.1 Å². The molecule has 4 N–H and O–H groups in total. The summed E-state index contributed by atoms with van der Waals surface area (Å²) in [5, 5.41) is 20.5. The van der Waals surface area contributed by atoms with Crippen molar-refractivity contribution in [3.63, 3.8) is 0 Å². The van der Waals surface area contributed by atoms with Crippen LogP contribution in [0.4, 0.5) is 13.2 Å². The molecule has 1 aromatic carbocycles. The lowest BCUT2D eigenvalue weighted by Crippen LogP contribution is -2.45. The molecule has 2 heterocycles. The second kappa shape index (κ2) is 9.21. The van der Waals surface area contributed by atoms with Gasteiger partial charge in [0.1, 0.15) is 5.75 Å². The van der Waals surface area contributed by atoms with E-state index < -0.39 is 56.9 Å². The summed E-state index contributed by atoms with van der Waals surface area (Å²) < 4.78 is 63.1. The first-order valence-corrected chi connectivity index (χ1v) is 12.1. The Hall–Kier alpha value is -2.61. The van der Waals surface area contributed by atoms with E-state index in [0.717, 1.165) is 12.4 Å². The number of nitrogens with two attached hydrogens (primary N) is 1. The summed E-state index contributed by atoms with van der Waals surface area (Å²) in [6.07, 6.45) is -4.52. The quantitative estimate of drug-likeness (QED) is 0.523. The van der Waals surface area contributed by atoms with Crippen molar-refractivity contribution in [1.29, 1.82) is 0 Å². The second-order valence-electron chi connectivity index (χ2n) is 8.54. The minimum atomic E-state index is -5.16. The van der Waals surface area contributed by atoms with Crippen LogP contribution in [0.2, 0.25) is 0 Å². The predicted molar refractivity (Wildman–Crippen MR) is 116 cm³/mol. The number of rotatable bonds is 7. The van der Waals surface area contributed by atoms with Gasteiger partial charge in [0, 0.05) is 17.9 Å². The molecule has 0 fully saturated rings. The van der Waals surface area contributed by atoms with E-state index in [4.69, 9.17) is 10.5 Å². The highest BCUT2D eigenvalue weighted by Crippen LogP contribution is 2.41. The average molecular weight is 503 g/mol. The number of hydrogen-bond donors (Lipinski definition) is 3. The number of halogens is 3. The summed E-state index contributed by atoms with van der Waals surface area (Å²) in [7, 11) is -3.29. The first-order valence-electron chi connectivity index (χ1n) is 10.3. The smallest absolute Gasteiger partial charge is 0.423 e. The van der Waals surface area contributed by atoms with Crippen LogP contribution >= 0.6 is 0 Å². The summed E-state index contributed by atoms with van der Waals surface area (Å²) in [5.41, 5.74) is 0.791. The highest BCUT2D eigenvalue weighted by atomic mass is 32.2. The summed E-state index contributed by atoms with van der Waals surface area (Å²) in [6.45, 7) is 3.22. The summed E-state index contributed by atoms with van der Waals surface area (Å²) >= 11 is 0. The molecule has 3 atom stereocenters. The Kier molecular flexibility index (Phi) is 7.04. The van der Waals surface area contributed by atoms with E-state index >= 15 is 0 Å². The minimum absolute atomic E-state index is 0.0359. The number of benzene rings is 1. The van der Waals surface area contributed by atoms with Crippen molar-refractivity contribution in [2.75, 3.05) is 11.5 Å². The van der Waals surface area contributed by atoms with Crippen LogP contribution in [0.3, 0.4) is 0 Å². The van der Waals surface area contributed by atoms with Gasteiger partial charge in [0.25, 0.3) is 5.91 Å². The highest BCUT2D eigenvalue weighted by Gasteiger charge is 2.56. The number of alkyl halides is 3. The molecule has 1 aromatic heterocycles. The van der Waals surface area contributed by atoms with Crippen LogP contribution in [0.25, 0.3) is 0 Å². The van der Waals surface area contributed by atoms with E-state index in [1.165, 1.54) is 0 Å². The Labute approximate surface area is 194 Å². The van der Waals surface area contributed by atoms with Gasteiger partial charge in [-0.1, -0.05) is 12.1 Å². The highest BCUT2D eigenvalue weighted by molar-refractivity contribution is 7.93. The van der Waals surface area contributed by atoms with Crippen LogP contribution in [-0.4, -0.2) is 54.0 Å². The van der Waals surface area contributed by atoms with Crippen molar-refractivity contribution in [1.82, 2.24) is 9.97 Å². The molecule has 186 valence electrons. The summed E-state index contributed by atoms with van der Waals surface area (Å²) in [5.74, 6) is -1.46. The van der Waals surface area contributed by atoms with Gasteiger partial charge in [-0.3, -0.25) is 9.78 Å². The number of ether oxygens (including phenoxy) is 1. The van der Waals surface area contributed by atoms with Gasteiger partial charge < -0.3 is 20.7 Å². The molecule has 0 radical (unpaired) electrons. The zero-order valence-electron chi connectivity index (χ0n) is 18.5. The van der Waals surface area contributed by atoms with Crippen molar-refractivity contribution >= 4 is 15.6 Å². The van der Waals surface area contributed by atoms with Gasteiger partial charge in [0.2, 0.25) is 11.5 Å². The van der Waals surface area contributed by atoms with E-state index in [9.17, 15) is 32.4 Å². The maximum Gasteiger partial charge on any atom is 0.423 e. The van der Waals surface area contributed by atoms with E-state index in [0.29, 0.717) is 11.3 Å². The normalized spacial score (nSPS) is 23.2. The van der Waals surface area contributed by atoms with Gasteiger partial charge in [-0.2, -0.15) is 17.5 Å². The van der Waals surface area contributed by atoms with Crippen LogP contribution in [0.5, 0.6) is 11.6 Å². The van der Waals surface area contributed by atoms with Gasteiger partial charge in [-0.05, 0) is 38.0 Å². The molecule has 0 bridgehead atoms. The van der Waals surface area contributed by atoms with Crippen LogP contribution in [0.15, 0.2) is 41.0 Å². The molecule has 3 unspecified atom stereocenters. The number of carbonyl (C=O) groups is 1. The standard InChI is InChI=1S/C21H25F3N4O5S/c1-19(2,30)13-3-5-14(6-4-13)33-17-12-26-16(11-27-17)20(31,21(22,23)24)8-10-34(32)9-7-15(25)18(29)28-34/h3-6,11-12,15,30-31H,7-10,25H2,1-2H3. The monoisotopic (exact) mass is 502 g/mol. The third-order valence-electron chi connectivity index (χ3n) is 5.41. The maximum absolute atomic E-state index is 13.8. The molecule has 1 aliphatic rings. The molecule has 1 amide bonds. The zero-order chi connectivity index (χ0) is 25.4. The first-order chi connectivity index (χ1) is 15.6. The molecule has 9 nitrogen and oxygen atoms in total. The zero-order valence-corrected chi connectivity index (χ0v) is 19.3. The van der Waals surface area contributed by atoms with Crippen LogP contribution in [0, 0.1) is 0 Å². The molecule has 0 saturated heterocycles. The van der Waals surface area contributed by atoms with Crippen molar-refractivity contribution in [3.05, 3.63) is 47.9 Å².